The lowest BCUT2D eigenvalue weighted by Gasteiger charge is -2.12. The number of hydrogen-bond acceptors (Lipinski definition) is 2. The van der Waals surface area contributed by atoms with Gasteiger partial charge in [0.2, 0.25) is 0 Å². The molecule has 0 aliphatic rings. The van der Waals surface area contributed by atoms with Crippen LogP contribution < -0.4 is 4.74 Å². The van der Waals surface area contributed by atoms with Crippen molar-refractivity contribution in [2.75, 3.05) is 0 Å². The maximum atomic E-state index is 10.9. The van der Waals surface area contributed by atoms with Gasteiger partial charge in [0, 0.05) is 3.57 Å². The van der Waals surface area contributed by atoms with Gasteiger partial charge in [0.25, 0.3) is 0 Å². The van der Waals surface area contributed by atoms with Crippen molar-refractivity contribution in [3.8, 4) is 5.75 Å². The van der Waals surface area contributed by atoms with Crippen LogP contribution in [0.4, 0.5) is 0 Å². The van der Waals surface area contributed by atoms with E-state index in [1.807, 2.05) is 0 Å². The topological polar surface area (TPSA) is 46.5 Å². The number of rotatable bonds is 4. The largest absolute Gasteiger partial charge is 0.486 e. The molecule has 0 heterocycles. The monoisotopic (exact) mass is 318 g/mol. The van der Waals surface area contributed by atoms with Gasteiger partial charge < -0.3 is 9.84 Å². The van der Waals surface area contributed by atoms with Gasteiger partial charge in [-0.1, -0.05) is 12.7 Å². The quantitative estimate of drug-likeness (QED) is 0.686. The van der Waals surface area contributed by atoms with Gasteiger partial charge in [0.05, 0.1) is 0 Å². The first-order valence-corrected chi connectivity index (χ1v) is 5.44. The van der Waals surface area contributed by atoms with Crippen molar-refractivity contribution < 1.29 is 14.6 Å². The number of hydrogen-bond donors (Lipinski definition) is 1. The first kappa shape index (κ1) is 12.0. The summed E-state index contributed by atoms with van der Waals surface area (Å²) in [6.07, 6.45) is 1.41. The molecule has 0 bridgehead atoms. The van der Waals surface area contributed by atoms with Crippen LogP contribution in [-0.2, 0) is 0 Å². The van der Waals surface area contributed by atoms with Gasteiger partial charge in [0.15, 0.2) is 0 Å². The Hall–Kier alpha value is -1.04. The minimum atomic E-state index is -0.986. The fourth-order valence-electron chi connectivity index (χ4n) is 1.02. The van der Waals surface area contributed by atoms with Crippen molar-refractivity contribution in [1.29, 1.82) is 0 Å². The van der Waals surface area contributed by atoms with E-state index in [-0.39, 0.29) is 11.7 Å². The summed E-state index contributed by atoms with van der Waals surface area (Å²) in [5.41, 5.74) is 0.176. The molecule has 0 saturated carbocycles. The van der Waals surface area contributed by atoms with E-state index < -0.39 is 5.97 Å². The van der Waals surface area contributed by atoms with Gasteiger partial charge in [-0.25, -0.2) is 4.79 Å². The number of carboxylic acids is 1. The van der Waals surface area contributed by atoms with Crippen LogP contribution in [0, 0.1) is 3.57 Å². The van der Waals surface area contributed by atoms with Crippen LogP contribution in [0.15, 0.2) is 30.9 Å². The zero-order valence-corrected chi connectivity index (χ0v) is 10.4. The second kappa shape index (κ2) is 5.16. The predicted molar refractivity (Wildman–Crippen MR) is 66.4 cm³/mol. The van der Waals surface area contributed by atoms with Crippen molar-refractivity contribution >= 4 is 28.6 Å². The molecule has 0 aliphatic heterocycles. The molecule has 1 atom stereocenters. The second-order valence-corrected chi connectivity index (χ2v) is 4.25. The van der Waals surface area contributed by atoms with E-state index in [0.717, 1.165) is 3.57 Å². The molecule has 0 aliphatic carbocycles. The fourth-order valence-corrected chi connectivity index (χ4v) is 1.51. The van der Waals surface area contributed by atoms with E-state index in [4.69, 9.17) is 9.84 Å². The summed E-state index contributed by atoms with van der Waals surface area (Å²) in [5, 5.41) is 8.97. The Morgan fingerprint density at radius 2 is 2.33 bits per heavy atom. The van der Waals surface area contributed by atoms with E-state index in [0.29, 0.717) is 5.75 Å². The highest BCUT2D eigenvalue weighted by molar-refractivity contribution is 14.1. The molecule has 0 spiro atoms. The van der Waals surface area contributed by atoms with Crippen molar-refractivity contribution in [2.24, 2.45) is 0 Å². The number of benzene rings is 1. The van der Waals surface area contributed by atoms with Crippen LogP contribution in [0.1, 0.15) is 17.3 Å². The summed E-state index contributed by atoms with van der Waals surface area (Å²) in [4.78, 5) is 10.9. The standard InChI is InChI=1S/C11H11IO3/c1-3-7(2)15-10-5-4-8(12)6-9(10)11(13)14/h3-7H,1H2,2H3,(H,13,14). The zero-order chi connectivity index (χ0) is 11.4. The maximum Gasteiger partial charge on any atom is 0.339 e. The highest BCUT2D eigenvalue weighted by atomic mass is 127. The highest BCUT2D eigenvalue weighted by Crippen LogP contribution is 2.22. The summed E-state index contributed by atoms with van der Waals surface area (Å²) in [7, 11) is 0. The maximum absolute atomic E-state index is 10.9. The molecule has 1 aromatic rings. The lowest BCUT2D eigenvalue weighted by atomic mass is 10.2. The Kier molecular flexibility index (Phi) is 4.14. The molecule has 80 valence electrons. The summed E-state index contributed by atoms with van der Waals surface area (Å²) in [6, 6.07) is 5.04. The number of halogens is 1. The summed E-state index contributed by atoms with van der Waals surface area (Å²) < 4.78 is 6.27. The number of carbonyl (C=O) groups is 1. The SMILES string of the molecule is C=CC(C)Oc1ccc(I)cc1C(=O)O. The normalized spacial score (nSPS) is 11.9. The number of ether oxygens (including phenoxy) is 1. The van der Waals surface area contributed by atoms with Crippen molar-refractivity contribution in [1.82, 2.24) is 0 Å². The molecular formula is C11H11IO3. The third-order valence-electron chi connectivity index (χ3n) is 1.82. The molecular weight excluding hydrogens is 307 g/mol. The van der Waals surface area contributed by atoms with E-state index >= 15 is 0 Å². The van der Waals surface area contributed by atoms with Crippen LogP contribution in [0.5, 0.6) is 5.75 Å². The smallest absolute Gasteiger partial charge is 0.339 e. The second-order valence-electron chi connectivity index (χ2n) is 3.00. The van der Waals surface area contributed by atoms with Gasteiger partial charge in [-0.05, 0) is 47.7 Å². The minimum absolute atomic E-state index is 0.176. The first-order valence-electron chi connectivity index (χ1n) is 4.36. The molecule has 0 fully saturated rings. The fraction of sp³-hybridized carbons (Fsp3) is 0.182. The van der Waals surface area contributed by atoms with E-state index in [2.05, 4.69) is 29.2 Å². The molecule has 0 amide bonds. The Labute approximate surface area is 102 Å². The van der Waals surface area contributed by atoms with Gasteiger partial charge in [-0.2, -0.15) is 0 Å². The lowest BCUT2D eigenvalue weighted by Crippen LogP contribution is -2.11. The molecule has 0 radical (unpaired) electrons. The lowest BCUT2D eigenvalue weighted by molar-refractivity contribution is 0.0691. The third-order valence-corrected chi connectivity index (χ3v) is 2.49. The molecule has 1 N–H and O–H groups in total. The highest BCUT2D eigenvalue weighted by Gasteiger charge is 2.12. The van der Waals surface area contributed by atoms with E-state index in [1.54, 1.807) is 31.2 Å². The zero-order valence-electron chi connectivity index (χ0n) is 8.24. The molecule has 1 unspecified atom stereocenters. The molecule has 0 aromatic heterocycles. The van der Waals surface area contributed by atoms with Gasteiger partial charge >= 0.3 is 5.97 Å². The average Bonchev–Trinajstić information content (AvgIpc) is 2.20. The van der Waals surface area contributed by atoms with Gasteiger partial charge in [-0.15, -0.1) is 0 Å². The van der Waals surface area contributed by atoms with Crippen LogP contribution in [-0.4, -0.2) is 17.2 Å². The van der Waals surface area contributed by atoms with Crippen molar-refractivity contribution in [3.63, 3.8) is 0 Å². The molecule has 3 nitrogen and oxygen atoms in total. The van der Waals surface area contributed by atoms with Crippen LogP contribution in [0.3, 0.4) is 0 Å². The third kappa shape index (κ3) is 3.23. The van der Waals surface area contributed by atoms with E-state index in [9.17, 15) is 4.79 Å². The summed E-state index contributed by atoms with van der Waals surface area (Å²) in [6.45, 7) is 5.38. The molecule has 0 saturated heterocycles. The first-order chi connectivity index (χ1) is 7.04. The summed E-state index contributed by atoms with van der Waals surface area (Å²) >= 11 is 2.06. The van der Waals surface area contributed by atoms with Gasteiger partial charge in [-0.3, -0.25) is 0 Å². The van der Waals surface area contributed by atoms with Crippen LogP contribution in [0.2, 0.25) is 0 Å². The van der Waals surface area contributed by atoms with Gasteiger partial charge in [0.1, 0.15) is 17.4 Å². The Morgan fingerprint density at radius 3 is 2.87 bits per heavy atom. The number of aromatic carboxylic acids is 1. The predicted octanol–water partition coefficient (Wildman–Crippen LogP) is 2.94. The van der Waals surface area contributed by atoms with Crippen LogP contribution >= 0.6 is 22.6 Å². The van der Waals surface area contributed by atoms with Crippen LogP contribution in [0.25, 0.3) is 0 Å². The van der Waals surface area contributed by atoms with Crippen molar-refractivity contribution in [2.45, 2.75) is 13.0 Å². The van der Waals surface area contributed by atoms with Crippen molar-refractivity contribution in [3.05, 3.63) is 40.0 Å². The Morgan fingerprint density at radius 1 is 1.67 bits per heavy atom. The molecule has 1 rings (SSSR count). The summed E-state index contributed by atoms with van der Waals surface area (Å²) in [5.74, 6) is -0.616. The number of carboxylic acid groups (broad SMARTS) is 1. The minimum Gasteiger partial charge on any atom is -0.486 e. The average molecular weight is 318 g/mol. The molecule has 4 heteroatoms. The Balaban J connectivity index is 3.05. The Bertz CT molecular complexity index is 387. The molecule has 15 heavy (non-hydrogen) atoms. The molecule has 1 aromatic carbocycles. The van der Waals surface area contributed by atoms with E-state index in [1.165, 1.54) is 0 Å².